The predicted octanol–water partition coefficient (Wildman–Crippen LogP) is 6.64. The van der Waals surface area contributed by atoms with E-state index < -0.39 is 15.9 Å². The summed E-state index contributed by atoms with van der Waals surface area (Å²) in [6, 6.07) is 33.3. The third-order valence-electron chi connectivity index (χ3n) is 8.49. The van der Waals surface area contributed by atoms with Crippen LogP contribution >= 0.6 is 0 Å². The smallest absolute Gasteiger partial charge is 0.268 e. The summed E-state index contributed by atoms with van der Waals surface area (Å²) >= 11 is 0. The molecule has 1 aliphatic rings. The molecule has 48 heavy (non-hydrogen) atoms. The molecule has 0 atom stereocenters. The van der Waals surface area contributed by atoms with E-state index >= 15 is 0 Å². The Morgan fingerprint density at radius 1 is 0.812 bits per heavy atom. The lowest BCUT2D eigenvalue weighted by Gasteiger charge is -2.32. The molecule has 0 spiro atoms. The second-order valence-electron chi connectivity index (χ2n) is 11.8. The molecule has 0 radical (unpaired) electrons. The summed E-state index contributed by atoms with van der Waals surface area (Å²) in [6.07, 6.45) is 5.48. The van der Waals surface area contributed by atoms with Gasteiger partial charge in [-0.1, -0.05) is 60.7 Å². The summed E-state index contributed by atoms with van der Waals surface area (Å²) in [5.74, 6) is 2.17. The minimum Gasteiger partial charge on any atom is -0.497 e. The number of carbonyl (C=O) groups is 1. The summed E-state index contributed by atoms with van der Waals surface area (Å²) in [6.45, 7) is 1.60. The highest BCUT2D eigenvalue weighted by atomic mass is 32.2. The number of hydrogen-bond donors (Lipinski definition) is 1. The first-order valence-electron chi connectivity index (χ1n) is 16.0. The van der Waals surface area contributed by atoms with Crippen LogP contribution < -0.4 is 19.1 Å². The lowest BCUT2D eigenvalue weighted by atomic mass is 9.90. The number of nitrogens with one attached hydrogen (secondary N) is 1. The third kappa shape index (κ3) is 8.38. The Hall–Kier alpha value is -5.22. The van der Waals surface area contributed by atoms with Crippen LogP contribution in [0.3, 0.4) is 0 Å². The van der Waals surface area contributed by atoms with E-state index in [-0.39, 0.29) is 10.5 Å². The molecule has 5 aromatic rings. The highest BCUT2D eigenvalue weighted by Gasteiger charge is 2.25. The summed E-state index contributed by atoms with van der Waals surface area (Å²) in [7, 11) is -2.57. The van der Waals surface area contributed by atoms with Gasteiger partial charge in [-0.25, -0.2) is 23.1 Å². The number of sulfonamides is 1. The van der Waals surface area contributed by atoms with Crippen molar-refractivity contribution in [3.63, 3.8) is 0 Å². The van der Waals surface area contributed by atoms with Crippen molar-refractivity contribution in [1.82, 2.24) is 14.7 Å². The largest absolute Gasteiger partial charge is 0.497 e. The Morgan fingerprint density at radius 3 is 2.17 bits per heavy atom. The van der Waals surface area contributed by atoms with Crippen LogP contribution in [0.4, 0.5) is 5.95 Å². The number of benzene rings is 4. The highest BCUT2D eigenvalue weighted by molar-refractivity contribution is 7.90. The third-order valence-corrected chi connectivity index (χ3v) is 9.84. The quantitative estimate of drug-likeness (QED) is 0.158. The number of nitrogens with zero attached hydrogens (tertiary/aromatic N) is 3. The number of aromatic nitrogens is 2. The number of rotatable bonds is 12. The van der Waals surface area contributed by atoms with Crippen molar-refractivity contribution in [2.45, 2.75) is 37.0 Å². The average molecular weight is 663 g/mol. The highest BCUT2D eigenvalue weighted by Crippen LogP contribution is 2.26. The van der Waals surface area contributed by atoms with Crippen LogP contribution in [0.1, 0.15) is 40.0 Å². The first-order valence-corrected chi connectivity index (χ1v) is 17.5. The van der Waals surface area contributed by atoms with E-state index in [0.717, 1.165) is 43.7 Å². The molecule has 0 aliphatic carbocycles. The normalized spacial score (nSPS) is 13.6. The topological polar surface area (TPSA) is 111 Å². The number of ether oxygens (including phenoxy) is 2. The molecular weight excluding hydrogens is 625 g/mol. The maximum atomic E-state index is 13.5. The minimum atomic E-state index is -4.19. The molecule has 2 heterocycles. The fourth-order valence-electron chi connectivity index (χ4n) is 5.86. The Morgan fingerprint density at radius 2 is 1.46 bits per heavy atom. The molecule has 10 heteroatoms. The molecule has 6 rings (SSSR count). The lowest BCUT2D eigenvalue weighted by molar-refractivity contribution is 0.0979. The van der Waals surface area contributed by atoms with Crippen LogP contribution in [0.2, 0.25) is 0 Å². The van der Waals surface area contributed by atoms with E-state index in [1.165, 1.54) is 23.9 Å². The number of methoxy groups -OCH3 is 1. The Bertz CT molecular complexity index is 1930. The molecule has 0 saturated carbocycles. The van der Waals surface area contributed by atoms with Gasteiger partial charge in [0.05, 0.1) is 23.3 Å². The van der Waals surface area contributed by atoms with Crippen molar-refractivity contribution in [2.75, 3.05) is 25.1 Å². The number of piperidine rings is 1. The van der Waals surface area contributed by atoms with E-state index in [1.807, 2.05) is 48.5 Å². The van der Waals surface area contributed by atoms with Crippen molar-refractivity contribution in [2.24, 2.45) is 5.92 Å². The first-order chi connectivity index (χ1) is 23.4. The van der Waals surface area contributed by atoms with Crippen molar-refractivity contribution in [3.05, 3.63) is 138 Å². The Labute approximate surface area is 281 Å². The van der Waals surface area contributed by atoms with Gasteiger partial charge in [-0.3, -0.25) is 4.79 Å². The molecule has 1 N–H and O–H groups in total. The fourth-order valence-corrected chi connectivity index (χ4v) is 6.83. The van der Waals surface area contributed by atoms with Gasteiger partial charge < -0.3 is 14.4 Å². The molecule has 0 bridgehead atoms. The number of aryl methyl sites for hydroxylation is 2. The fraction of sp³-hybridized carbons (Fsp3) is 0.237. The van der Waals surface area contributed by atoms with Crippen LogP contribution in [0.25, 0.3) is 0 Å². The number of carbonyl (C=O) groups excluding carboxylic acids is 1. The van der Waals surface area contributed by atoms with E-state index in [1.54, 1.807) is 31.4 Å². The molecular formula is C38H38N4O5S. The summed E-state index contributed by atoms with van der Waals surface area (Å²) in [4.78, 5) is 25.0. The van der Waals surface area contributed by atoms with Crippen LogP contribution in [0, 0.1) is 5.92 Å². The van der Waals surface area contributed by atoms with Gasteiger partial charge in [-0.15, -0.1) is 0 Å². The van der Waals surface area contributed by atoms with E-state index in [2.05, 4.69) is 38.9 Å². The Kier molecular flexibility index (Phi) is 10.3. The molecule has 1 amide bonds. The van der Waals surface area contributed by atoms with Crippen molar-refractivity contribution < 1.29 is 22.7 Å². The minimum absolute atomic E-state index is 0.0647. The molecule has 1 aromatic heterocycles. The van der Waals surface area contributed by atoms with Crippen molar-refractivity contribution >= 4 is 21.9 Å². The monoisotopic (exact) mass is 662 g/mol. The zero-order valence-electron chi connectivity index (χ0n) is 26.8. The molecule has 4 aromatic carbocycles. The van der Waals surface area contributed by atoms with Gasteiger partial charge in [-0.05, 0) is 97.7 Å². The first kappa shape index (κ1) is 32.7. The van der Waals surface area contributed by atoms with E-state index in [9.17, 15) is 13.2 Å². The van der Waals surface area contributed by atoms with Crippen LogP contribution in [0.5, 0.6) is 17.2 Å². The van der Waals surface area contributed by atoms with Crippen molar-refractivity contribution in [1.29, 1.82) is 0 Å². The van der Waals surface area contributed by atoms with Gasteiger partial charge >= 0.3 is 0 Å². The van der Waals surface area contributed by atoms with Crippen LogP contribution in [-0.2, 0) is 29.3 Å². The predicted molar refractivity (Wildman–Crippen MR) is 185 cm³/mol. The average Bonchev–Trinajstić information content (AvgIpc) is 3.12. The Balaban J connectivity index is 1.18. The number of hydrogen-bond acceptors (Lipinski definition) is 8. The van der Waals surface area contributed by atoms with Crippen molar-refractivity contribution in [3.8, 4) is 17.2 Å². The molecule has 9 nitrogen and oxygen atoms in total. The number of para-hydroxylation sites is 1. The molecule has 246 valence electrons. The van der Waals surface area contributed by atoms with E-state index in [0.29, 0.717) is 41.9 Å². The van der Waals surface area contributed by atoms with Gasteiger partial charge in [0.25, 0.3) is 15.9 Å². The molecule has 0 unspecified atom stereocenters. The summed E-state index contributed by atoms with van der Waals surface area (Å²) in [5.41, 5.74) is 2.95. The maximum absolute atomic E-state index is 13.5. The standard InChI is InChI=1S/C38H38N4O5S/c1-46-33-14-8-11-29(26-33)15-20-36-35(27-39-38(40-36)42-23-21-30(22-24-42)25-28-9-4-2-5-10-28)37(43)41-48(44,45)34-18-16-32(17-19-34)47-31-12-6-3-7-13-31/h2-14,16-19,26-27,30H,15,20-25H2,1H3,(H,41,43). The lowest BCUT2D eigenvalue weighted by Crippen LogP contribution is -2.36. The van der Waals surface area contributed by atoms with Gasteiger partial charge in [0, 0.05) is 19.3 Å². The van der Waals surface area contributed by atoms with Gasteiger partial charge in [-0.2, -0.15) is 0 Å². The second kappa shape index (κ2) is 15.1. The van der Waals surface area contributed by atoms with Gasteiger partial charge in [0.1, 0.15) is 17.2 Å². The molecule has 1 fully saturated rings. The molecule has 1 aliphatic heterocycles. The molecule has 1 saturated heterocycles. The maximum Gasteiger partial charge on any atom is 0.268 e. The van der Waals surface area contributed by atoms with Gasteiger partial charge in [0.2, 0.25) is 5.95 Å². The zero-order chi connectivity index (χ0) is 33.3. The summed E-state index contributed by atoms with van der Waals surface area (Å²) < 4.78 is 39.9. The van der Waals surface area contributed by atoms with Gasteiger partial charge in [0.15, 0.2) is 0 Å². The van der Waals surface area contributed by atoms with Crippen LogP contribution in [0.15, 0.2) is 120 Å². The zero-order valence-corrected chi connectivity index (χ0v) is 27.6. The van der Waals surface area contributed by atoms with Crippen LogP contribution in [-0.4, -0.2) is 44.5 Å². The SMILES string of the molecule is COc1cccc(CCc2nc(N3CCC(Cc4ccccc4)CC3)ncc2C(=O)NS(=O)(=O)c2ccc(Oc3ccccc3)cc2)c1. The number of anilines is 1. The summed E-state index contributed by atoms with van der Waals surface area (Å²) in [5, 5.41) is 0. The van der Waals surface area contributed by atoms with E-state index in [4.69, 9.17) is 14.5 Å². The second-order valence-corrected chi connectivity index (χ2v) is 13.5. The number of amides is 1.